The standard InChI is InChI=1S/C13H10F3N3O2/c1-7-6-8(13(14,15)16)2-3-9(7)12-10(19(20)21)4-5-11(17)18-12/h2-6H,1H3,(H2,17,18). The number of nitrogens with zero attached hydrogens (tertiary/aromatic N) is 2. The maximum atomic E-state index is 12.6. The number of alkyl halides is 3. The SMILES string of the molecule is Cc1cc(C(F)(F)F)ccc1-c1nc(N)ccc1[N+](=O)[O-]. The summed E-state index contributed by atoms with van der Waals surface area (Å²) in [4.78, 5) is 14.2. The zero-order chi connectivity index (χ0) is 15.8. The Kier molecular flexibility index (Phi) is 3.54. The van der Waals surface area contributed by atoms with E-state index in [0.29, 0.717) is 0 Å². The topological polar surface area (TPSA) is 82.0 Å². The number of aromatic nitrogens is 1. The van der Waals surface area contributed by atoms with Gasteiger partial charge in [0.15, 0.2) is 5.69 Å². The summed E-state index contributed by atoms with van der Waals surface area (Å²) in [6.07, 6.45) is -4.47. The van der Waals surface area contributed by atoms with Crippen LogP contribution in [0.25, 0.3) is 11.3 Å². The zero-order valence-electron chi connectivity index (χ0n) is 10.8. The van der Waals surface area contributed by atoms with E-state index >= 15 is 0 Å². The highest BCUT2D eigenvalue weighted by Crippen LogP contribution is 2.35. The molecule has 8 heteroatoms. The highest BCUT2D eigenvalue weighted by Gasteiger charge is 2.31. The molecule has 1 aromatic heterocycles. The smallest absolute Gasteiger partial charge is 0.384 e. The second kappa shape index (κ2) is 5.04. The normalized spacial score (nSPS) is 11.4. The van der Waals surface area contributed by atoms with Crippen molar-refractivity contribution in [2.75, 3.05) is 5.73 Å². The fourth-order valence-corrected chi connectivity index (χ4v) is 1.92. The molecular weight excluding hydrogens is 287 g/mol. The van der Waals surface area contributed by atoms with Crippen LogP contribution in [-0.4, -0.2) is 9.91 Å². The van der Waals surface area contributed by atoms with E-state index in [1.165, 1.54) is 19.1 Å². The Labute approximate surface area is 117 Å². The van der Waals surface area contributed by atoms with Gasteiger partial charge in [0, 0.05) is 11.6 Å². The number of nitrogens with two attached hydrogens (primary N) is 1. The van der Waals surface area contributed by atoms with E-state index in [9.17, 15) is 23.3 Å². The lowest BCUT2D eigenvalue weighted by molar-refractivity contribution is -0.384. The minimum Gasteiger partial charge on any atom is -0.384 e. The van der Waals surface area contributed by atoms with Gasteiger partial charge in [0.1, 0.15) is 5.82 Å². The molecule has 2 aromatic rings. The summed E-state index contributed by atoms with van der Waals surface area (Å²) in [7, 11) is 0. The summed E-state index contributed by atoms with van der Waals surface area (Å²) in [6, 6.07) is 5.38. The van der Waals surface area contributed by atoms with Gasteiger partial charge in [0.2, 0.25) is 0 Å². The molecule has 1 aromatic carbocycles. The van der Waals surface area contributed by atoms with Crippen molar-refractivity contribution in [2.45, 2.75) is 13.1 Å². The average Bonchev–Trinajstić information content (AvgIpc) is 2.37. The van der Waals surface area contributed by atoms with E-state index in [0.717, 1.165) is 18.2 Å². The first-order chi connectivity index (χ1) is 9.70. The van der Waals surface area contributed by atoms with Crippen molar-refractivity contribution < 1.29 is 18.1 Å². The van der Waals surface area contributed by atoms with Gasteiger partial charge in [-0.2, -0.15) is 13.2 Å². The number of nitro groups is 1. The Balaban J connectivity index is 2.63. The molecule has 110 valence electrons. The number of hydrogen-bond donors (Lipinski definition) is 1. The number of rotatable bonds is 2. The molecule has 0 bridgehead atoms. The molecule has 0 spiro atoms. The maximum absolute atomic E-state index is 12.6. The molecule has 0 amide bonds. The predicted octanol–water partition coefficient (Wildman–Crippen LogP) is 3.57. The van der Waals surface area contributed by atoms with Crippen molar-refractivity contribution >= 4 is 11.5 Å². The molecular formula is C13H10F3N3O2. The van der Waals surface area contributed by atoms with Crippen molar-refractivity contribution in [3.8, 4) is 11.3 Å². The van der Waals surface area contributed by atoms with Gasteiger partial charge in [-0.05, 0) is 30.7 Å². The Morgan fingerprint density at radius 2 is 1.90 bits per heavy atom. The number of aryl methyl sites for hydroxylation is 1. The third-order valence-electron chi connectivity index (χ3n) is 2.90. The molecule has 0 radical (unpaired) electrons. The van der Waals surface area contributed by atoms with Crippen molar-refractivity contribution in [1.82, 2.24) is 4.98 Å². The number of halogens is 3. The summed E-state index contributed by atoms with van der Waals surface area (Å²) < 4.78 is 37.9. The van der Waals surface area contributed by atoms with Crippen LogP contribution < -0.4 is 5.73 Å². The largest absolute Gasteiger partial charge is 0.416 e. The van der Waals surface area contributed by atoms with Crippen LogP contribution in [0.4, 0.5) is 24.7 Å². The van der Waals surface area contributed by atoms with Gasteiger partial charge in [0.05, 0.1) is 10.5 Å². The van der Waals surface area contributed by atoms with Crippen LogP contribution in [0.2, 0.25) is 0 Å². The Morgan fingerprint density at radius 3 is 2.43 bits per heavy atom. The third kappa shape index (κ3) is 2.93. The van der Waals surface area contributed by atoms with Gasteiger partial charge >= 0.3 is 6.18 Å². The van der Waals surface area contributed by atoms with E-state index in [2.05, 4.69) is 4.98 Å². The van der Waals surface area contributed by atoms with Crippen molar-refractivity contribution in [2.24, 2.45) is 0 Å². The molecule has 5 nitrogen and oxygen atoms in total. The van der Waals surface area contributed by atoms with Crippen LogP contribution in [0.15, 0.2) is 30.3 Å². The van der Waals surface area contributed by atoms with E-state index in [1.807, 2.05) is 0 Å². The molecule has 1 heterocycles. The summed E-state index contributed by atoms with van der Waals surface area (Å²) in [6.45, 7) is 1.43. The quantitative estimate of drug-likeness (QED) is 0.678. The lowest BCUT2D eigenvalue weighted by Crippen LogP contribution is -2.06. The Bertz CT molecular complexity index is 714. The fraction of sp³-hybridized carbons (Fsp3) is 0.154. The van der Waals surface area contributed by atoms with Crippen LogP contribution in [-0.2, 0) is 6.18 Å². The summed E-state index contributed by atoms with van der Waals surface area (Å²) in [5.74, 6) is 0.0508. The number of anilines is 1. The van der Waals surface area contributed by atoms with Gasteiger partial charge in [-0.15, -0.1) is 0 Å². The molecule has 0 saturated heterocycles. The van der Waals surface area contributed by atoms with Gasteiger partial charge in [-0.3, -0.25) is 10.1 Å². The predicted molar refractivity (Wildman–Crippen MR) is 70.5 cm³/mol. The molecule has 0 unspecified atom stereocenters. The molecule has 21 heavy (non-hydrogen) atoms. The summed E-state index contributed by atoms with van der Waals surface area (Å²) in [5, 5.41) is 11.0. The lowest BCUT2D eigenvalue weighted by Gasteiger charge is -2.11. The molecule has 2 rings (SSSR count). The van der Waals surface area contributed by atoms with E-state index in [1.54, 1.807) is 0 Å². The lowest BCUT2D eigenvalue weighted by atomic mass is 10.0. The van der Waals surface area contributed by atoms with Gasteiger partial charge in [0.25, 0.3) is 5.69 Å². The first-order valence-electron chi connectivity index (χ1n) is 5.79. The van der Waals surface area contributed by atoms with Crippen LogP contribution >= 0.6 is 0 Å². The van der Waals surface area contributed by atoms with Crippen LogP contribution in [0, 0.1) is 17.0 Å². The van der Waals surface area contributed by atoms with E-state index in [4.69, 9.17) is 5.73 Å². The Hall–Kier alpha value is -2.64. The van der Waals surface area contributed by atoms with E-state index < -0.39 is 16.7 Å². The molecule has 0 saturated carbocycles. The summed E-state index contributed by atoms with van der Waals surface area (Å²) in [5.41, 5.74) is 4.78. The molecule has 2 N–H and O–H groups in total. The number of pyridine rings is 1. The third-order valence-corrected chi connectivity index (χ3v) is 2.90. The molecule has 0 aliphatic rings. The zero-order valence-corrected chi connectivity index (χ0v) is 10.8. The molecule has 0 aliphatic carbocycles. The first kappa shape index (κ1) is 14.8. The maximum Gasteiger partial charge on any atom is 0.416 e. The van der Waals surface area contributed by atoms with Crippen molar-refractivity contribution in [3.05, 3.63) is 51.6 Å². The highest BCUT2D eigenvalue weighted by atomic mass is 19.4. The highest BCUT2D eigenvalue weighted by molar-refractivity contribution is 5.74. The monoisotopic (exact) mass is 297 g/mol. The number of benzene rings is 1. The fourth-order valence-electron chi connectivity index (χ4n) is 1.92. The Morgan fingerprint density at radius 1 is 1.24 bits per heavy atom. The summed E-state index contributed by atoms with van der Waals surface area (Å²) >= 11 is 0. The van der Waals surface area contributed by atoms with Crippen LogP contribution in [0.3, 0.4) is 0 Å². The van der Waals surface area contributed by atoms with Gasteiger partial charge in [-0.1, -0.05) is 6.07 Å². The number of nitrogen functional groups attached to an aromatic ring is 1. The van der Waals surface area contributed by atoms with Crippen LogP contribution in [0.5, 0.6) is 0 Å². The minimum atomic E-state index is -4.47. The van der Waals surface area contributed by atoms with Crippen molar-refractivity contribution in [3.63, 3.8) is 0 Å². The molecule has 0 aliphatic heterocycles. The molecule has 0 fully saturated rings. The van der Waals surface area contributed by atoms with Crippen LogP contribution in [0.1, 0.15) is 11.1 Å². The van der Waals surface area contributed by atoms with E-state index in [-0.39, 0.29) is 28.3 Å². The number of hydrogen-bond acceptors (Lipinski definition) is 4. The molecule has 0 atom stereocenters. The second-order valence-electron chi connectivity index (χ2n) is 4.39. The van der Waals surface area contributed by atoms with Crippen molar-refractivity contribution in [1.29, 1.82) is 0 Å². The van der Waals surface area contributed by atoms with Gasteiger partial charge < -0.3 is 5.73 Å². The first-order valence-corrected chi connectivity index (χ1v) is 5.79. The minimum absolute atomic E-state index is 0.0498. The average molecular weight is 297 g/mol. The van der Waals surface area contributed by atoms with Gasteiger partial charge in [-0.25, -0.2) is 4.98 Å². The second-order valence-corrected chi connectivity index (χ2v) is 4.39.